The van der Waals surface area contributed by atoms with Crippen LogP contribution >= 0.6 is 76.6 Å². The predicted octanol–water partition coefficient (Wildman–Crippen LogP) is 12.1. The number of fused-ring (bicyclic) bond motifs is 9. The van der Waals surface area contributed by atoms with Crippen LogP contribution in [-0.4, -0.2) is 37.3 Å². The van der Waals surface area contributed by atoms with Gasteiger partial charge in [-0.2, -0.15) is 4.57 Å². The van der Waals surface area contributed by atoms with Crippen LogP contribution in [0.4, 0.5) is 17.1 Å². The lowest BCUT2D eigenvalue weighted by molar-refractivity contribution is 0.302. The average molecular weight is 805 g/mol. The van der Waals surface area contributed by atoms with Crippen molar-refractivity contribution >= 4 is 124 Å². The van der Waals surface area contributed by atoms with Gasteiger partial charge in [0.2, 0.25) is 0 Å². The first-order valence-corrected chi connectivity index (χ1v) is 22.1. The summed E-state index contributed by atoms with van der Waals surface area (Å²) in [6.45, 7) is 8.42. The third-order valence-electron chi connectivity index (χ3n) is 10.1. The summed E-state index contributed by atoms with van der Waals surface area (Å²) in [5.74, 6) is 3.27. The topological polar surface area (TPSA) is 80.9 Å². The van der Waals surface area contributed by atoms with E-state index in [1.165, 1.54) is 16.7 Å². The van der Waals surface area contributed by atoms with E-state index in [1.807, 2.05) is 18.2 Å². The van der Waals surface area contributed by atoms with Gasteiger partial charge in [0.15, 0.2) is 17.2 Å². The Labute approximate surface area is 316 Å². The van der Waals surface area contributed by atoms with Crippen molar-refractivity contribution in [2.75, 3.05) is 53.2 Å². The highest BCUT2D eigenvalue weighted by Crippen LogP contribution is 2.59. The van der Waals surface area contributed by atoms with E-state index in [9.17, 15) is 0 Å². The number of anilines is 3. The quantitative estimate of drug-likeness (QED) is 0.0992. The lowest BCUT2D eigenvalue weighted by atomic mass is 9.97. The highest BCUT2D eigenvalue weighted by atomic mass is 35.5. The monoisotopic (exact) mass is 803 g/mol. The molecule has 0 saturated heterocycles. The van der Waals surface area contributed by atoms with Crippen molar-refractivity contribution in [3.8, 4) is 17.2 Å². The molecule has 6 aromatic rings. The fraction of sp³-hybridized carbons (Fsp3) is 0.333. The summed E-state index contributed by atoms with van der Waals surface area (Å²) < 4.78 is 38.1. The Balaban J connectivity index is 1.22. The van der Waals surface area contributed by atoms with Crippen LogP contribution in [0.1, 0.15) is 51.1 Å². The molecule has 0 unspecified atom stereocenters. The lowest BCUT2D eigenvalue weighted by Crippen LogP contribution is -2.09. The molecule has 14 heteroatoms. The number of rotatable bonds is 9. The second kappa shape index (κ2) is 12.5. The first-order valence-electron chi connectivity index (χ1n) is 16.4. The van der Waals surface area contributed by atoms with E-state index >= 15 is 4.57 Å². The molecule has 3 aliphatic rings. The molecule has 0 spiro atoms. The third kappa shape index (κ3) is 5.12. The molecule has 3 N–H and O–H groups in total. The zero-order valence-corrected chi connectivity index (χ0v) is 33.0. The molecule has 0 radical (unpaired) electrons. The van der Waals surface area contributed by atoms with E-state index in [0.29, 0.717) is 34.9 Å². The van der Waals surface area contributed by atoms with E-state index in [-0.39, 0.29) is 17.8 Å². The van der Waals surface area contributed by atoms with Gasteiger partial charge >= 0.3 is 7.82 Å². The van der Waals surface area contributed by atoms with Gasteiger partial charge in [0, 0.05) is 106 Å². The van der Waals surface area contributed by atoms with E-state index < -0.39 is 7.82 Å². The molecule has 6 heterocycles. The maximum atomic E-state index is 15.6. The van der Waals surface area contributed by atoms with E-state index in [0.717, 1.165) is 83.6 Å². The van der Waals surface area contributed by atoms with Gasteiger partial charge in [-0.15, -0.1) is 68.8 Å². The van der Waals surface area contributed by atoms with Crippen LogP contribution in [0.5, 0.6) is 17.2 Å². The number of phosphoric acid groups is 1. The Bertz CT molecular complexity index is 2150. The summed E-state index contributed by atoms with van der Waals surface area (Å²) in [6.07, 6.45) is 0. The smallest absolute Gasteiger partial charge is 0.384 e. The zero-order valence-electron chi connectivity index (χ0n) is 27.4. The molecule has 0 aliphatic carbocycles. The van der Waals surface area contributed by atoms with Crippen LogP contribution in [-0.2, 0) is 4.57 Å². The Morgan fingerprint density at radius 3 is 1.18 bits per heavy atom. The van der Waals surface area contributed by atoms with Crippen LogP contribution in [0, 0.1) is 20.8 Å². The standard InChI is InChI=1S/C36H33Cl3N3O4PS3/c1-16-13-48-34-25(4-22-31(28(16)34)19(7-37)10-40-22)44-47(43,45-26-5-23-32(20(8-38)11-41-23)29-17(2)14-49-35(26)29)46-27-6-24-33(21(9-39)12-42-24)30-18(3)15-50-36(27)30/h4-6,13-15,19-21,40-42H,7-12H2,1-3H3/t19-,20-,21-/m1/s1. The van der Waals surface area contributed by atoms with Gasteiger partial charge in [-0.05, 0) is 70.3 Å². The third-order valence-corrected chi connectivity index (χ3v) is 15.8. The molecule has 0 fully saturated rings. The molecule has 3 aliphatic heterocycles. The Morgan fingerprint density at radius 2 is 0.900 bits per heavy atom. The number of nitrogens with one attached hydrogen (secondary N) is 3. The number of alkyl halides is 3. The number of hydrogen-bond acceptors (Lipinski definition) is 10. The van der Waals surface area contributed by atoms with E-state index in [1.54, 1.807) is 34.0 Å². The van der Waals surface area contributed by atoms with E-state index in [4.69, 9.17) is 48.4 Å². The number of benzene rings is 3. The molecule has 9 rings (SSSR count). The first-order chi connectivity index (χ1) is 24.2. The van der Waals surface area contributed by atoms with Gasteiger partial charge in [-0.3, -0.25) is 0 Å². The summed E-state index contributed by atoms with van der Waals surface area (Å²) in [4.78, 5) is 0. The van der Waals surface area contributed by atoms with Crippen LogP contribution in [0.25, 0.3) is 30.3 Å². The van der Waals surface area contributed by atoms with E-state index in [2.05, 4.69) is 52.9 Å². The number of thiophene rings is 3. The number of hydrogen-bond donors (Lipinski definition) is 3. The highest BCUT2D eigenvalue weighted by molar-refractivity contribution is 7.50. The van der Waals surface area contributed by atoms with Gasteiger partial charge in [-0.1, -0.05) is 0 Å². The maximum absolute atomic E-state index is 15.6. The fourth-order valence-electron chi connectivity index (χ4n) is 7.84. The molecule has 3 aromatic heterocycles. The molecule has 50 heavy (non-hydrogen) atoms. The summed E-state index contributed by atoms with van der Waals surface area (Å²) in [6, 6.07) is 5.75. The largest absolute Gasteiger partial charge is 0.647 e. The van der Waals surface area contributed by atoms with Crippen molar-refractivity contribution in [2.45, 2.75) is 38.5 Å². The van der Waals surface area contributed by atoms with Gasteiger partial charge in [0.1, 0.15) is 0 Å². The summed E-state index contributed by atoms with van der Waals surface area (Å²) >= 11 is 23.9. The number of halogens is 3. The van der Waals surface area contributed by atoms with Crippen molar-refractivity contribution in [1.82, 2.24) is 0 Å². The SMILES string of the molecule is Cc1csc2c(OP(=O)(Oc3cc4c(c5c(C)csc35)[C@H](CCl)CN4)Oc3cc4c(c5c(C)csc35)[C@H](CCl)CN4)cc3c(c12)[C@H](CCl)CN3. The molecular weight excluding hydrogens is 772 g/mol. The molecule has 260 valence electrons. The van der Waals surface area contributed by atoms with Gasteiger partial charge < -0.3 is 29.5 Å². The minimum Gasteiger partial charge on any atom is -0.384 e. The Hall–Kier alpha value is -2.56. The Morgan fingerprint density at radius 1 is 0.600 bits per heavy atom. The summed E-state index contributed by atoms with van der Waals surface area (Å²) in [5, 5.41) is 20.0. The minimum absolute atomic E-state index is 0.160. The molecule has 0 bridgehead atoms. The van der Waals surface area contributed by atoms with Crippen LogP contribution < -0.4 is 29.5 Å². The van der Waals surface area contributed by atoms with Crippen LogP contribution in [0.2, 0.25) is 0 Å². The van der Waals surface area contributed by atoms with Crippen LogP contribution in [0.15, 0.2) is 34.3 Å². The minimum atomic E-state index is -4.45. The number of aryl methyl sites for hydroxylation is 3. The molecule has 3 aromatic carbocycles. The second-order valence-electron chi connectivity index (χ2n) is 13.3. The normalized spacial score (nSPS) is 19.4. The maximum Gasteiger partial charge on any atom is 0.647 e. The van der Waals surface area contributed by atoms with Gasteiger partial charge in [0.05, 0.1) is 14.1 Å². The molecule has 0 amide bonds. The van der Waals surface area contributed by atoms with Crippen molar-refractivity contribution < 1.29 is 18.1 Å². The zero-order chi connectivity index (χ0) is 34.5. The van der Waals surface area contributed by atoms with Crippen LogP contribution in [0.3, 0.4) is 0 Å². The molecular formula is C36H33Cl3N3O4PS3. The van der Waals surface area contributed by atoms with Crippen molar-refractivity contribution in [2.24, 2.45) is 0 Å². The predicted molar refractivity (Wildman–Crippen MR) is 215 cm³/mol. The van der Waals surface area contributed by atoms with Crippen molar-refractivity contribution in [3.63, 3.8) is 0 Å². The summed E-state index contributed by atoms with van der Waals surface area (Å²) in [7, 11) is -4.45. The lowest BCUT2D eigenvalue weighted by Gasteiger charge is -2.22. The number of phosphoric ester groups is 1. The van der Waals surface area contributed by atoms with Gasteiger partial charge in [0.25, 0.3) is 0 Å². The van der Waals surface area contributed by atoms with Crippen molar-refractivity contribution in [1.29, 1.82) is 0 Å². The first kappa shape index (κ1) is 33.3. The summed E-state index contributed by atoms with van der Waals surface area (Å²) in [5.41, 5.74) is 9.61. The Kier molecular flexibility index (Phi) is 8.35. The second-order valence-corrected chi connectivity index (χ2v) is 18.3. The molecule has 7 nitrogen and oxygen atoms in total. The van der Waals surface area contributed by atoms with Crippen molar-refractivity contribution in [3.05, 3.63) is 67.7 Å². The van der Waals surface area contributed by atoms with Gasteiger partial charge in [-0.25, -0.2) is 0 Å². The molecule has 0 saturated carbocycles. The fourth-order valence-corrected chi connectivity index (χ4v) is 13.1. The molecule has 3 atom stereocenters. The average Bonchev–Trinajstić information content (AvgIpc) is 3.95. The highest BCUT2D eigenvalue weighted by Gasteiger charge is 2.40.